The van der Waals surface area contributed by atoms with Gasteiger partial charge in [-0.2, -0.15) is 0 Å². The van der Waals surface area contributed by atoms with Gasteiger partial charge in [0.2, 0.25) is 0 Å². The van der Waals surface area contributed by atoms with E-state index in [2.05, 4.69) is 13.8 Å². The molecule has 2 heteroatoms. The monoisotopic (exact) mass is 276 g/mol. The van der Waals surface area contributed by atoms with E-state index in [1.54, 1.807) is 0 Å². The molecule has 1 aromatic rings. The molecule has 112 valence electrons. The van der Waals surface area contributed by atoms with Crippen molar-refractivity contribution in [2.24, 2.45) is 11.8 Å². The van der Waals surface area contributed by atoms with Crippen molar-refractivity contribution in [1.29, 1.82) is 0 Å². The van der Waals surface area contributed by atoms with Gasteiger partial charge in [-0.1, -0.05) is 51.3 Å². The van der Waals surface area contributed by atoms with Crippen LogP contribution in [0.5, 0.6) is 5.75 Å². The van der Waals surface area contributed by atoms with Gasteiger partial charge in [-0.15, -0.1) is 0 Å². The van der Waals surface area contributed by atoms with Crippen LogP contribution in [0.2, 0.25) is 0 Å². The molecule has 1 aliphatic carbocycles. The van der Waals surface area contributed by atoms with Gasteiger partial charge in [0, 0.05) is 5.56 Å². The largest absolute Gasteiger partial charge is 0.493 e. The fourth-order valence-electron chi connectivity index (χ4n) is 3.31. The van der Waals surface area contributed by atoms with Gasteiger partial charge in [-0.25, -0.2) is 0 Å². The van der Waals surface area contributed by atoms with Gasteiger partial charge in [0.1, 0.15) is 5.75 Å². The number of aliphatic hydroxyl groups excluding tert-OH is 1. The standard InChI is InChI=1S/C18H28O2/c1-3-12-20-17-11-6-5-10-16(17)18(19)15-9-7-8-14(4-2)13-15/h5-6,10-11,14-15,18-19H,3-4,7-9,12-13H2,1-2H3. The van der Waals surface area contributed by atoms with E-state index in [4.69, 9.17) is 4.74 Å². The second-order valence-electron chi connectivity index (χ2n) is 6.03. The second kappa shape index (κ2) is 7.68. The molecule has 0 heterocycles. The van der Waals surface area contributed by atoms with E-state index < -0.39 is 0 Å². The number of ether oxygens (including phenoxy) is 1. The van der Waals surface area contributed by atoms with Crippen molar-refractivity contribution in [2.45, 2.75) is 58.5 Å². The maximum Gasteiger partial charge on any atom is 0.125 e. The van der Waals surface area contributed by atoms with Crippen molar-refractivity contribution >= 4 is 0 Å². The molecule has 0 spiro atoms. The first-order valence-corrected chi connectivity index (χ1v) is 8.16. The molecule has 2 rings (SSSR count). The van der Waals surface area contributed by atoms with Crippen LogP contribution < -0.4 is 4.74 Å². The second-order valence-corrected chi connectivity index (χ2v) is 6.03. The van der Waals surface area contributed by atoms with Gasteiger partial charge in [-0.05, 0) is 37.2 Å². The molecule has 3 atom stereocenters. The first-order valence-electron chi connectivity index (χ1n) is 8.16. The van der Waals surface area contributed by atoms with Gasteiger partial charge in [0.25, 0.3) is 0 Å². The number of para-hydroxylation sites is 1. The summed E-state index contributed by atoms with van der Waals surface area (Å²) < 4.78 is 5.79. The normalized spacial score (nSPS) is 24.4. The number of benzene rings is 1. The molecule has 20 heavy (non-hydrogen) atoms. The summed E-state index contributed by atoms with van der Waals surface area (Å²) in [5.41, 5.74) is 0.975. The molecular formula is C18H28O2. The third-order valence-corrected chi connectivity index (χ3v) is 4.55. The Balaban J connectivity index is 2.09. The summed E-state index contributed by atoms with van der Waals surface area (Å²) in [6.07, 6.45) is 6.71. The lowest BCUT2D eigenvalue weighted by Crippen LogP contribution is -2.21. The van der Waals surface area contributed by atoms with Crippen LogP contribution in [0, 0.1) is 11.8 Å². The molecule has 0 bridgehead atoms. The van der Waals surface area contributed by atoms with Gasteiger partial charge < -0.3 is 9.84 Å². The maximum absolute atomic E-state index is 10.8. The summed E-state index contributed by atoms with van der Waals surface area (Å²) in [4.78, 5) is 0. The van der Waals surface area contributed by atoms with Crippen molar-refractivity contribution in [3.05, 3.63) is 29.8 Å². The van der Waals surface area contributed by atoms with Crippen LogP contribution in [0.4, 0.5) is 0 Å². The molecule has 1 saturated carbocycles. The molecule has 3 unspecified atom stereocenters. The predicted molar refractivity (Wildman–Crippen MR) is 82.9 cm³/mol. The van der Waals surface area contributed by atoms with Crippen LogP contribution in [0.3, 0.4) is 0 Å². The molecule has 1 N–H and O–H groups in total. The smallest absolute Gasteiger partial charge is 0.125 e. The summed E-state index contributed by atoms with van der Waals surface area (Å²) in [6, 6.07) is 7.98. The SMILES string of the molecule is CCCOc1ccccc1C(O)C1CCCC(CC)C1. The molecule has 0 saturated heterocycles. The zero-order valence-electron chi connectivity index (χ0n) is 12.8. The molecule has 1 fully saturated rings. The number of hydrogen-bond donors (Lipinski definition) is 1. The lowest BCUT2D eigenvalue weighted by molar-refractivity contribution is 0.0652. The van der Waals surface area contributed by atoms with Crippen molar-refractivity contribution in [3.8, 4) is 5.75 Å². The Hall–Kier alpha value is -1.02. The summed E-state index contributed by atoms with van der Waals surface area (Å²) in [5, 5.41) is 10.8. The number of hydrogen-bond acceptors (Lipinski definition) is 2. The minimum atomic E-state index is -0.377. The highest BCUT2D eigenvalue weighted by Gasteiger charge is 2.28. The highest BCUT2D eigenvalue weighted by molar-refractivity contribution is 5.35. The Morgan fingerprint density at radius 2 is 2.05 bits per heavy atom. The molecule has 1 aliphatic rings. The van der Waals surface area contributed by atoms with Crippen molar-refractivity contribution in [1.82, 2.24) is 0 Å². The summed E-state index contributed by atoms with van der Waals surface area (Å²) in [5.74, 6) is 2.03. The van der Waals surface area contributed by atoms with Gasteiger partial charge in [-0.3, -0.25) is 0 Å². The van der Waals surface area contributed by atoms with E-state index in [0.717, 1.165) is 36.5 Å². The molecule has 0 aromatic heterocycles. The highest BCUT2D eigenvalue weighted by Crippen LogP contribution is 2.40. The van der Waals surface area contributed by atoms with E-state index in [1.165, 1.54) is 19.3 Å². The summed E-state index contributed by atoms with van der Waals surface area (Å²) >= 11 is 0. The molecule has 1 aromatic carbocycles. The Morgan fingerprint density at radius 1 is 1.25 bits per heavy atom. The molecule has 2 nitrogen and oxygen atoms in total. The minimum absolute atomic E-state index is 0.377. The van der Waals surface area contributed by atoms with E-state index in [0.29, 0.717) is 12.5 Å². The number of rotatable bonds is 6. The van der Waals surface area contributed by atoms with E-state index in [1.807, 2.05) is 24.3 Å². The Bertz CT molecular complexity index is 402. The van der Waals surface area contributed by atoms with E-state index >= 15 is 0 Å². The van der Waals surface area contributed by atoms with Crippen LogP contribution in [-0.4, -0.2) is 11.7 Å². The summed E-state index contributed by atoms with van der Waals surface area (Å²) in [7, 11) is 0. The van der Waals surface area contributed by atoms with Crippen molar-refractivity contribution < 1.29 is 9.84 Å². The van der Waals surface area contributed by atoms with Crippen molar-refractivity contribution in [3.63, 3.8) is 0 Å². The quantitative estimate of drug-likeness (QED) is 0.814. The van der Waals surface area contributed by atoms with Crippen molar-refractivity contribution in [2.75, 3.05) is 6.61 Å². The van der Waals surface area contributed by atoms with Gasteiger partial charge in [0.15, 0.2) is 0 Å². The summed E-state index contributed by atoms with van der Waals surface area (Å²) in [6.45, 7) is 5.08. The molecular weight excluding hydrogens is 248 g/mol. The molecule has 0 radical (unpaired) electrons. The Labute approximate surface area is 123 Å². The Morgan fingerprint density at radius 3 is 2.80 bits per heavy atom. The van der Waals surface area contributed by atoms with Crippen LogP contribution in [-0.2, 0) is 0 Å². The first-order chi connectivity index (χ1) is 9.76. The fourth-order valence-corrected chi connectivity index (χ4v) is 3.31. The average Bonchev–Trinajstić information content (AvgIpc) is 2.52. The van der Waals surface area contributed by atoms with E-state index in [-0.39, 0.29) is 6.10 Å². The zero-order valence-corrected chi connectivity index (χ0v) is 12.8. The predicted octanol–water partition coefficient (Wildman–Crippen LogP) is 4.73. The van der Waals surface area contributed by atoms with Gasteiger partial charge >= 0.3 is 0 Å². The Kier molecular flexibility index (Phi) is 5.90. The number of aliphatic hydroxyl groups is 1. The molecule has 0 aliphatic heterocycles. The fraction of sp³-hybridized carbons (Fsp3) is 0.667. The highest BCUT2D eigenvalue weighted by atomic mass is 16.5. The first kappa shape index (κ1) is 15.4. The van der Waals surface area contributed by atoms with Crippen LogP contribution in [0.25, 0.3) is 0 Å². The van der Waals surface area contributed by atoms with Crippen LogP contribution in [0.15, 0.2) is 24.3 Å². The zero-order chi connectivity index (χ0) is 14.4. The third-order valence-electron chi connectivity index (χ3n) is 4.55. The lowest BCUT2D eigenvalue weighted by Gasteiger charge is -2.32. The third kappa shape index (κ3) is 3.76. The average molecular weight is 276 g/mol. The van der Waals surface area contributed by atoms with E-state index in [9.17, 15) is 5.11 Å². The maximum atomic E-state index is 10.8. The lowest BCUT2D eigenvalue weighted by atomic mass is 9.76. The minimum Gasteiger partial charge on any atom is -0.493 e. The molecule has 0 amide bonds. The van der Waals surface area contributed by atoms with Crippen LogP contribution in [0.1, 0.15) is 64.0 Å². The van der Waals surface area contributed by atoms with Crippen LogP contribution >= 0.6 is 0 Å². The van der Waals surface area contributed by atoms with Gasteiger partial charge in [0.05, 0.1) is 12.7 Å². The topological polar surface area (TPSA) is 29.5 Å².